The molecular weight excluding hydrogens is 228 g/mol. The molecule has 0 aliphatic carbocycles. The van der Waals surface area contributed by atoms with E-state index in [1.807, 2.05) is 7.05 Å². The molecule has 4 heteroatoms. The van der Waals surface area contributed by atoms with E-state index in [1.54, 1.807) is 0 Å². The number of esters is 1. The first-order chi connectivity index (χ1) is 8.69. The van der Waals surface area contributed by atoms with Gasteiger partial charge in [0.15, 0.2) is 0 Å². The molecule has 0 aromatic rings. The van der Waals surface area contributed by atoms with Crippen molar-refractivity contribution in [2.75, 3.05) is 33.8 Å². The summed E-state index contributed by atoms with van der Waals surface area (Å²) in [5.41, 5.74) is 0. The van der Waals surface area contributed by atoms with Crippen LogP contribution in [0.4, 0.5) is 0 Å². The SMILES string of the molecule is CCCCN(CCCC)CCC(NC)C(=O)OC. The second-order valence-electron chi connectivity index (χ2n) is 4.70. The molecule has 108 valence electrons. The fourth-order valence-corrected chi connectivity index (χ4v) is 1.93. The van der Waals surface area contributed by atoms with Crippen LogP contribution >= 0.6 is 0 Å². The van der Waals surface area contributed by atoms with E-state index < -0.39 is 0 Å². The van der Waals surface area contributed by atoms with E-state index in [2.05, 4.69) is 24.1 Å². The largest absolute Gasteiger partial charge is 0.468 e. The number of ether oxygens (including phenoxy) is 1. The number of nitrogens with one attached hydrogen (secondary N) is 1. The molecule has 0 aliphatic rings. The molecule has 0 aliphatic heterocycles. The van der Waals surface area contributed by atoms with Gasteiger partial charge in [0, 0.05) is 6.54 Å². The molecule has 0 spiro atoms. The first-order valence-corrected chi connectivity index (χ1v) is 7.16. The predicted octanol–water partition coefficient (Wildman–Crippen LogP) is 2.04. The minimum absolute atomic E-state index is 0.163. The highest BCUT2D eigenvalue weighted by Gasteiger charge is 2.17. The van der Waals surface area contributed by atoms with E-state index in [0.717, 1.165) is 26.1 Å². The van der Waals surface area contributed by atoms with Gasteiger partial charge >= 0.3 is 5.97 Å². The maximum absolute atomic E-state index is 11.5. The van der Waals surface area contributed by atoms with E-state index in [1.165, 1.54) is 32.8 Å². The number of carbonyl (C=O) groups excluding carboxylic acids is 1. The van der Waals surface area contributed by atoms with Gasteiger partial charge in [0.1, 0.15) is 6.04 Å². The summed E-state index contributed by atoms with van der Waals surface area (Å²) in [6, 6.07) is -0.180. The van der Waals surface area contributed by atoms with Crippen LogP contribution < -0.4 is 5.32 Å². The number of rotatable bonds is 11. The molecule has 18 heavy (non-hydrogen) atoms. The Morgan fingerprint density at radius 3 is 2.11 bits per heavy atom. The van der Waals surface area contributed by atoms with Gasteiger partial charge in [-0.3, -0.25) is 4.79 Å². The van der Waals surface area contributed by atoms with Gasteiger partial charge in [-0.05, 0) is 39.4 Å². The molecule has 0 aromatic carbocycles. The van der Waals surface area contributed by atoms with Gasteiger partial charge in [0.05, 0.1) is 7.11 Å². The topological polar surface area (TPSA) is 41.6 Å². The second kappa shape index (κ2) is 11.5. The molecule has 1 unspecified atom stereocenters. The highest BCUT2D eigenvalue weighted by atomic mass is 16.5. The van der Waals surface area contributed by atoms with Crippen molar-refractivity contribution in [1.82, 2.24) is 10.2 Å². The van der Waals surface area contributed by atoms with E-state index >= 15 is 0 Å². The minimum Gasteiger partial charge on any atom is -0.468 e. The lowest BCUT2D eigenvalue weighted by Gasteiger charge is -2.24. The normalized spacial score (nSPS) is 12.7. The Bertz CT molecular complexity index is 202. The van der Waals surface area contributed by atoms with Crippen molar-refractivity contribution in [3.05, 3.63) is 0 Å². The Labute approximate surface area is 112 Å². The zero-order valence-electron chi connectivity index (χ0n) is 12.5. The number of nitrogens with zero attached hydrogens (tertiary/aromatic N) is 1. The van der Waals surface area contributed by atoms with Crippen LogP contribution in [0.2, 0.25) is 0 Å². The molecule has 0 aromatic heterocycles. The summed E-state index contributed by atoms with van der Waals surface area (Å²) >= 11 is 0. The molecule has 0 radical (unpaired) electrons. The lowest BCUT2D eigenvalue weighted by atomic mass is 10.2. The van der Waals surface area contributed by atoms with Crippen LogP contribution in [-0.4, -0.2) is 50.7 Å². The Morgan fingerprint density at radius 1 is 1.17 bits per heavy atom. The number of likely N-dealkylation sites (N-methyl/N-ethyl adjacent to an activating group) is 1. The standard InChI is InChI=1S/C14H30N2O2/c1-5-7-10-16(11-8-6-2)12-9-13(15-3)14(17)18-4/h13,15H,5-12H2,1-4H3. The van der Waals surface area contributed by atoms with Gasteiger partial charge in [0.2, 0.25) is 0 Å². The average Bonchev–Trinajstić information content (AvgIpc) is 2.40. The van der Waals surface area contributed by atoms with Gasteiger partial charge in [-0.25, -0.2) is 0 Å². The molecule has 0 bridgehead atoms. The lowest BCUT2D eigenvalue weighted by molar-refractivity contribution is -0.143. The van der Waals surface area contributed by atoms with Crippen LogP contribution in [0.15, 0.2) is 0 Å². The van der Waals surface area contributed by atoms with E-state index in [9.17, 15) is 4.79 Å². The first kappa shape index (κ1) is 17.4. The number of methoxy groups -OCH3 is 1. The van der Waals surface area contributed by atoms with E-state index in [4.69, 9.17) is 4.74 Å². The highest BCUT2D eigenvalue weighted by Crippen LogP contribution is 2.03. The number of carbonyl (C=O) groups is 1. The molecular formula is C14H30N2O2. The fourth-order valence-electron chi connectivity index (χ4n) is 1.93. The zero-order chi connectivity index (χ0) is 13.8. The van der Waals surface area contributed by atoms with Gasteiger partial charge in [-0.2, -0.15) is 0 Å². The molecule has 0 rings (SSSR count). The molecule has 0 saturated heterocycles. The van der Waals surface area contributed by atoms with Crippen molar-refractivity contribution in [3.8, 4) is 0 Å². The smallest absolute Gasteiger partial charge is 0.322 e. The molecule has 1 atom stereocenters. The Morgan fingerprint density at radius 2 is 1.72 bits per heavy atom. The summed E-state index contributed by atoms with van der Waals surface area (Å²) in [5, 5.41) is 3.02. The van der Waals surface area contributed by atoms with Crippen LogP contribution in [0, 0.1) is 0 Å². The Kier molecular flexibility index (Phi) is 11.1. The third kappa shape index (κ3) is 7.67. The summed E-state index contributed by atoms with van der Waals surface area (Å²) in [4.78, 5) is 13.9. The quantitative estimate of drug-likeness (QED) is 0.576. The molecule has 4 nitrogen and oxygen atoms in total. The summed E-state index contributed by atoms with van der Waals surface area (Å²) in [5.74, 6) is -0.163. The van der Waals surface area contributed by atoms with Gasteiger partial charge in [-0.1, -0.05) is 26.7 Å². The second-order valence-corrected chi connectivity index (χ2v) is 4.70. The molecule has 0 heterocycles. The van der Waals surface area contributed by atoms with Crippen LogP contribution in [0.3, 0.4) is 0 Å². The highest BCUT2D eigenvalue weighted by molar-refractivity contribution is 5.75. The Hall–Kier alpha value is -0.610. The monoisotopic (exact) mass is 258 g/mol. The van der Waals surface area contributed by atoms with Gasteiger partial charge in [0.25, 0.3) is 0 Å². The average molecular weight is 258 g/mol. The van der Waals surface area contributed by atoms with Crippen molar-refractivity contribution < 1.29 is 9.53 Å². The fraction of sp³-hybridized carbons (Fsp3) is 0.929. The summed E-state index contributed by atoms with van der Waals surface area (Å²) in [6.45, 7) is 7.65. The third-order valence-electron chi connectivity index (χ3n) is 3.22. The number of hydrogen-bond donors (Lipinski definition) is 1. The molecule has 0 saturated carbocycles. The van der Waals surface area contributed by atoms with Crippen molar-refractivity contribution in [2.45, 2.75) is 52.0 Å². The maximum Gasteiger partial charge on any atom is 0.322 e. The molecule has 0 amide bonds. The van der Waals surface area contributed by atoms with Gasteiger partial charge < -0.3 is 15.0 Å². The van der Waals surface area contributed by atoms with Crippen LogP contribution in [-0.2, 0) is 9.53 Å². The lowest BCUT2D eigenvalue weighted by Crippen LogP contribution is -2.39. The van der Waals surface area contributed by atoms with Crippen molar-refractivity contribution in [3.63, 3.8) is 0 Å². The van der Waals surface area contributed by atoms with E-state index in [0.29, 0.717) is 0 Å². The number of unbranched alkanes of at least 4 members (excludes halogenated alkanes) is 2. The summed E-state index contributed by atoms with van der Waals surface area (Å²) in [7, 11) is 3.25. The maximum atomic E-state index is 11.5. The van der Waals surface area contributed by atoms with E-state index in [-0.39, 0.29) is 12.0 Å². The van der Waals surface area contributed by atoms with Crippen LogP contribution in [0.5, 0.6) is 0 Å². The predicted molar refractivity (Wildman–Crippen MR) is 75.7 cm³/mol. The summed E-state index contributed by atoms with van der Waals surface area (Å²) in [6.07, 6.45) is 5.71. The van der Waals surface area contributed by atoms with Crippen LogP contribution in [0.1, 0.15) is 46.0 Å². The third-order valence-corrected chi connectivity index (χ3v) is 3.22. The Balaban J connectivity index is 4.08. The van der Waals surface area contributed by atoms with Crippen molar-refractivity contribution >= 4 is 5.97 Å². The minimum atomic E-state index is -0.180. The van der Waals surface area contributed by atoms with Crippen molar-refractivity contribution in [2.24, 2.45) is 0 Å². The van der Waals surface area contributed by atoms with Crippen LogP contribution in [0.25, 0.3) is 0 Å². The first-order valence-electron chi connectivity index (χ1n) is 7.16. The van der Waals surface area contributed by atoms with Crippen molar-refractivity contribution in [1.29, 1.82) is 0 Å². The summed E-state index contributed by atoms with van der Waals surface area (Å²) < 4.78 is 4.78. The molecule has 1 N–H and O–H groups in total. The zero-order valence-corrected chi connectivity index (χ0v) is 12.5. The number of hydrogen-bond acceptors (Lipinski definition) is 4. The van der Waals surface area contributed by atoms with Gasteiger partial charge in [-0.15, -0.1) is 0 Å². The molecule has 0 fully saturated rings.